The van der Waals surface area contributed by atoms with Crippen LogP contribution < -0.4 is 0 Å². The third kappa shape index (κ3) is 3.71. The molecule has 1 rings (SSSR count). The van der Waals surface area contributed by atoms with Crippen molar-refractivity contribution in [2.75, 3.05) is 6.26 Å². The van der Waals surface area contributed by atoms with E-state index >= 15 is 0 Å². The van der Waals surface area contributed by atoms with Crippen LogP contribution in [0.4, 0.5) is 0 Å². The Labute approximate surface area is 104 Å². The van der Waals surface area contributed by atoms with Crippen LogP contribution in [0.2, 0.25) is 0 Å². The number of aryl methyl sites for hydroxylation is 1. The molecule has 1 aromatic carbocycles. The Hall–Kier alpha value is -0.690. The van der Waals surface area contributed by atoms with E-state index in [4.69, 9.17) is 0 Å². The Bertz CT molecular complexity index is 341. The van der Waals surface area contributed by atoms with Crippen molar-refractivity contribution in [3.8, 4) is 0 Å². The van der Waals surface area contributed by atoms with Crippen LogP contribution in [0.3, 0.4) is 0 Å². The predicted molar refractivity (Wildman–Crippen MR) is 75.1 cm³/mol. The summed E-state index contributed by atoms with van der Waals surface area (Å²) >= 11 is 1.81. The van der Waals surface area contributed by atoms with Crippen LogP contribution in [-0.2, 0) is 6.42 Å². The van der Waals surface area contributed by atoms with Crippen LogP contribution in [0.5, 0.6) is 0 Å². The van der Waals surface area contributed by atoms with Crippen LogP contribution in [0.15, 0.2) is 35.7 Å². The number of allylic oxidation sites excluding steroid dienone is 1. The van der Waals surface area contributed by atoms with E-state index in [1.165, 1.54) is 41.2 Å². The van der Waals surface area contributed by atoms with E-state index < -0.39 is 0 Å². The molecule has 0 saturated carbocycles. The molecule has 0 aromatic heterocycles. The van der Waals surface area contributed by atoms with Gasteiger partial charge in [-0.3, -0.25) is 0 Å². The smallest absolute Gasteiger partial charge is 0.0230 e. The first kappa shape index (κ1) is 13.4. The van der Waals surface area contributed by atoms with E-state index in [-0.39, 0.29) is 0 Å². The summed E-state index contributed by atoms with van der Waals surface area (Å²) in [6, 6.07) is 6.85. The highest BCUT2D eigenvalue weighted by molar-refractivity contribution is 7.98. The van der Waals surface area contributed by atoms with E-state index in [1.54, 1.807) is 0 Å². The summed E-state index contributed by atoms with van der Waals surface area (Å²) in [7, 11) is 0. The van der Waals surface area contributed by atoms with Crippen LogP contribution in [0, 0.1) is 5.92 Å². The molecule has 0 heterocycles. The molecule has 0 aliphatic rings. The first-order valence-electron chi connectivity index (χ1n) is 5.85. The van der Waals surface area contributed by atoms with Crippen molar-refractivity contribution in [1.29, 1.82) is 0 Å². The average Bonchev–Trinajstić information content (AvgIpc) is 2.34. The van der Waals surface area contributed by atoms with E-state index in [0.717, 1.165) is 0 Å². The zero-order valence-corrected chi connectivity index (χ0v) is 11.4. The van der Waals surface area contributed by atoms with Gasteiger partial charge in [0.15, 0.2) is 0 Å². The van der Waals surface area contributed by atoms with Crippen molar-refractivity contribution < 1.29 is 0 Å². The number of hydrogen-bond donors (Lipinski definition) is 0. The topological polar surface area (TPSA) is 0 Å². The maximum atomic E-state index is 3.84. The quantitative estimate of drug-likeness (QED) is 0.631. The van der Waals surface area contributed by atoms with Gasteiger partial charge in [0.1, 0.15) is 0 Å². The summed E-state index contributed by atoms with van der Waals surface area (Å²) in [4.78, 5) is 1.35. The minimum absolute atomic E-state index is 1.18. The maximum Gasteiger partial charge on any atom is 0.0230 e. The Morgan fingerprint density at radius 2 is 2.12 bits per heavy atom. The summed E-state index contributed by atoms with van der Waals surface area (Å²) in [5, 5.41) is 0. The summed E-state index contributed by atoms with van der Waals surface area (Å²) in [5.41, 5.74) is 2.76. The van der Waals surface area contributed by atoms with Gasteiger partial charge in [-0.2, -0.15) is 0 Å². The molecule has 0 bridgehead atoms. The summed E-state index contributed by atoms with van der Waals surface area (Å²) in [5.74, 6) is 1.26. The van der Waals surface area contributed by atoms with Crippen molar-refractivity contribution in [1.82, 2.24) is 0 Å². The lowest BCUT2D eigenvalue weighted by molar-refractivity contribution is 0.792. The molecule has 1 aromatic rings. The number of hydrogen-bond acceptors (Lipinski definition) is 1. The predicted octanol–water partition coefficient (Wildman–Crippen LogP) is 4.88. The van der Waals surface area contributed by atoms with E-state index in [2.05, 4.69) is 44.9 Å². The molecule has 0 N–H and O–H groups in total. The second-order valence-electron chi connectivity index (χ2n) is 4.06. The zero-order valence-electron chi connectivity index (χ0n) is 10.5. The molecule has 0 saturated heterocycles. The molecule has 0 atom stereocenters. The van der Waals surface area contributed by atoms with Crippen molar-refractivity contribution >= 4 is 11.8 Å². The molecule has 0 aliphatic heterocycles. The molecule has 0 amide bonds. The second kappa shape index (κ2) is 6.80. The molecule has 0 spiro atoms. The van der Waals surface area contributed by atoms with Crippen molar-refractivity contribution in [3.63, 3.8) is 0 Å². The zero-order chi connectivity index (χ0) is 12.0. The fourth-order valence-electron chi connectivity index (χ4n) is 1.65. The molecule has 1 radical (unpaired) electrons. The minimum Gasteiger partial charge on any atom is -0.130 e. The van der Waals surface area contributed by atoms with Gasteiger partial charge in [-0.15, -0.1) is 18.3 Å². The molecule has 0 unspecified atom stereocenters. The number of unbranched alkanes of at least 4 members (excludes halogenated alkanes) is 1. The molecule has 87 valence electrons. The SMILES string of the molecule is C=C[C](C)c1cc(CCCC)cc(SC)c1. The van der Waals surface area contributed by atoms with Crippen molar-refractivity contribution in [2.24, 2.45) is 0 Å². The van der Waals surface area contributed by atoms with Gasteiger partial charge in [0, 0.05) is 10.8 Å². The number of thioether (sulfide) groups is 1. The highest BCUT2D eigenvalue weighted by Crippen LogP contribution is 2.25. The fraction of sp³-hybridized carbons (Fsp3) is 0.400. The van der Waals surface area contributed by atoms with Crippen molar-refractivity contribution in [2.45, 2.75) is 38.0 Å². The third-order valence-electron chi connectivity index (χ3n) is 2.78. The molecular weight excluding hydrogens is 212 g/mol. The van der Waals surface area contributed by atoms with E-state index in [9.17, 15) is 0 Å². The van der Waals surface area contributed by atoms with Gasteiger partial charge in [0.2, 0.25) is 0 Å². The molecule has 0 aliphatic carbocycles. The van der Waals surface area contributed by atoms with Gasteiger partial charge >= 0.3 is 0 Å². The van der Waals surface area contributed by atoms with Gasteiger partial charge in [-0.25, -0.2) is 0 Å². The van der Waals surface area contributed by atoms with Crippen LogP contribution in [0.25, 0.3) is 0 Å². The number of benzene rings is 1. The lowest BCUT2D eigenvalue weighted by Gasteiger charge is -2.11. The molecular formula is C15H21S. The molecule has 0 nitrogen and oxygen atoms in total. The van der Waals surface area contributed by atoms with Crippen LogP contribution in [0.1, 0.15) is 37.8 Å². The monoisotopic (exact) mass is 233 g/mol. The van der Waals surface area contributed by atoms with Gasteiger partial charge in [0.05, 0.1) is 0 Å². The van der Waals surface area contributed by atoms with E-state index in [0.29, 0.717) is 0 Å². The third-order valence-corrected chi connectivity index (χ3v) is 3.49. The first-order chi connectivity index (χ1) is 7.71. The molecule has 16 heavy (non-hydrogen) atoms. The van der Waals surface area contributed by atoms with Gasteiger partial charge in [0.25, 0.3) is 0 Å². The molecule has 0 fully saturated rings. The first-order valence-corrected chi connectivity index (χ1v) is 7.08. The lowest BCUT2D eigenvalue weighted by Crippen LogP contribution is -1.94. The van der Waals surface area contributed by atoms with E-state index in [1.807, 2.05) is 17.8 Å². The number of rotatable bonds is 6. The average molecular weight is 233 g/mol. The van der Waals surface area contributed by atoms with Crippen molar-refractivity contribution in [3.05, 3.63) is 47.9 Å². The normalized spacial score (nSPS) is 10.8. The van der Waals surface area contributed by atoms with Gasteiger partial charge in [-0.1, -0.05) is 32.4 Å². The fourth-order valence-corrected chi connectivity index (χ4v) is 2.16. The largest absolute Gasteiger partial charge is 0.130 e. The Morgan fingerprint density at radius 1 is 1.38 bits per heavy atom. The Balaban J connectivity index is 2.95. The Morgan fingerprint density at radius 3 is 2.69 bits per heavy atom. The van der Waals surface area contributed by atoms with Gasteiger partial charge < -0.3 is 0 Å². The highest BCUT2D eigenvalue weighted by atomic mass is 32.2. The van der Waals surface area contributed by atoms with Gasteiger partial charge in [-0.05, 0) is 42.4 Å². The van der Waals surface area contributed by atoms with Crippen LogP contribution >= 0.6 is 11.8 Å². The summed E-state index contributed by atoms with van der Waals surface area (Å²) < 4.78 is 0. The lowest BCUT2D eigenvalue weighted by atomic mass is 9.97. The highest BCUT2D eigenvalue weighted by Gasteiger charge is 2.05. The van der Waals surface area contributed by atoms with Crippen LogP contribution in [-0.4, -0.2) is 6.26 Å². The minimum atomic E-state index is 1.18. The summed E-state index contributed by atoms with van der Waals surface area (Å²) in [6.45, 7) is 8.20. The Kier molecular flexibility index (Phi) is 5.68. The standard InChI is InChI=1S/C15H21S/c1-5-7-8-13-9-14(12(3)6-2)11-15(10-13)16-4/h6,9-11H,2,5,7-8H2,1,3-4H3. The molecule has 1 heteroatoms. The second-order valence-corrected chi connectivity index (χ2v) is 4.94. The maximum absolute atomic E-state index is 3.84. The summed E-state index contributed by atoms with van der Waals surface area (Å²) in [6.07, 6.45) is 7.77.